The predicted molar refractivity (Wildman–Crippen MR) is 128 cm³/mol. The van der Waals surface area contributed by atoms with Crippen LogP contribution in [0.1, 0.15) is 5.56 Å². The quantitative estimate of drug-likeness (QED) is 0.365. The lowest BCUT2D eigenvalue weighted by Crippen LogP contribution is -2.37. The summed E-state index contributed by atoms with van der Waals surface area (Å²) < 4.78 is 42.7. The van der Waals surface area contributed by atoms with E-state index in [-0.39, 0.29) is 15.5 Å². The number of halogens is 4. The van der Waals surface area contributed by atoms with Crippen LogP contribution in [0.5, 0.6) is 0 Å². The first-order valence-electron chi connectivity index (χ1n) is 8.91. The molecule has 162 valence electrons. The van der Waals surface area contributed by atoms with Gasteiger partial charge in [-0.1, -0.05) is 29.3 Å². The summed E-state index contributed by atoms with van der Waals surface area (Å²) in [6, 6.07) is 16.6. The third-order valence-corrected chi connectivity index (χ3v) is 7.43. The Morgan fingerprint density at radius 3 is 2.26 bits per heavy atom. The topological polar surface area (TPSA) is 66.5 Å². The highest BCUT2D eigenvalue weighted by Crippen LogP contribution is 2.25. The van der Waals surface area contributed by atoms with Crippen LogP contribution in [0.4, 0.5) is 10.1 Å². The minimum atomic E-state index is -4.16. The van der Waals surface area contributed by atoms with Crippen molar-refractivity contribution in [3.63, 3.8) is 0 Å². The SMILES string of the molecule is O=C(CN(Cc1c(F)cccc1Cl)S(=O)(=O)c1ccc(Cl)cc1)Nc1ccc(I)cc1. The first-order valence-corrected chi connectivity index (χ1v) is 12.2. The van der Waals surface area contributed by atoms with Gasteiger partial charge in [0.25, 0.3) is 0 Å². The lowest BCUT2D eigenvalue weighted by atomic mass is 10.2. The van der Waals surface area contributed by atoms with Crippen molar-refractivity contribution in [1.29, 1.82) is 0 Å². The monoisotopic (exact) mass is 592 g/mol. The molecule has 0 unspecified atom stereocenters. The number of carbonyl (C=O) groups excluding carboxylic acids is 1. The van der Waals surface area contributed by atoms with Crippen LogP contribution in [-0.4, -0.2) is 25.2 Å². The van der Waals surface area contributed by atoms with Gasteiger partial charge in [0.1, 0.15) is 5.82 Å². The first-order chi connectivity index (χ1) is 14.7. The van der Waals surface area contributed by atoms with Crippen molar-refractivity contribution >= 4 is 67.4 Å². The number of nitrogens with one attached hydrogen (secondary N) is 1. The Bertz CT molecular complexity index is 1170. The van der Waals surface area contributed by atoms with Gasteiger partial charge in [0, 0.05) is 31.4 Å². The van der Waals surface area contributed by atoms with Crippen LogP contribution >= 0.6 is 45.8 Å². The van der Waals surface area contributed by atoms with Crippen LogP contribution in [0.3, 0.4) is 0 Å². The van der Waals surface area contributed by atoms with Gasteiger partial charge in [0.05, 0.1) is 11.4 Å². The molecule has 0 saturated heterocycles. The van der Waals surface area contributed by atoms with Gasteiger partial charge in [-0.2, -0.15) is 4.31 Å². The second-order valence-corrected chi connectivity index (χ2v) is 10.5. The van der Waals surface area contributed by atoms with Crippen molar-refractivity contribution < 1.29 is 17.6 Å². The molecule has 0 aliphatic heterocycles. The van der Waals surface area contributed by atoms with Gasteiger partial charge >= 0.3 is 0 Å². The molecule has 0 aromatic heterocycles. The molecule has 0 aliphatic rings. The Kier molecular flexibility index (Phi) is 7.92. The Morgan fingerprint density at radius 1 is 1.00 bits per heavy atom. The van der Waals surface area contributed by atoms with E-state index in [9.17, 15) is 17.6 Å². The molecular weight excluding hydrogens is 577 g/mol. The number of anilines is 1. The zero-order valence-corrected chi connectivity index (χ0v) is 20.3. The van der Waals surface area contributed by atoms with Crippen molar-refractivity contribution in [2.75, 3.05) is 11.9 Å². The smallest absolute Gasteiger partial charge is 0.243 e. The minimum Gasteiger partial charge on any atom is -0.325 e. The van der Waals surface area contributed by atoms with Crippen molar-refractivity contribution in [1.82, 2.24) is 4.31 Å². The van der Waals surface area contributed by atoms with Crippen molar-refractivity contribution in [2.45, 2.75) is 11.4 Å². The first kappa shape index (κ1) is 23.9. The molecule has 1 amide bonds. The van der Waals surface area contributed by atoms with Crippen molar-refractivity contribution in [2.24, 2.45) is 0 Å². The average molecular weight is 593 g/mol. The van der Waals surface area contributed by atoms with E-state index in [1.54, 1.807) is 24.3 Å². The molecule has 10 heteroatoms. The van der Waals surface area contributed by atoms with E-state index in [2.05, 4.69) is 27.9 Å². The zero-order chi connectivity index (χ0) is 22.6. The molecule has 3 rings (SSSR count). The van der Waals surface area contributed by atoms with Gasteiger partial charge in [0.2, 0.25) is 15.9 Å². The minimum absolute atomic E-state index is 0.0243. The van der Waals surface area contributed by atoms with Crippen LogP contribution in [0.2, 0.25) is 10.0 Å². The fourth-order valence-electron chi connectivity index (χ4n) is 2.74. The molecule has 0 saturated carbocycles. The Morgan fingerprint density at radius 2 is 1.65 bits per heavy atom. The van der Waals surface area contributed by atoms with E-state index in [0.29, 0.717) is 10.7 Å². The molecule has 0 aliphatic carbocycles. The van der Waals surface area contributed by atoms with E-state index in [1.165, 1.54) is 42.5 Å². The summed E-state index contributed by atoms with van der Waals surface area (Å²) in [5, 5.41) is 3.08. The molecule has 0 radical (unpaired) electrons. The fraction of sp³-hybridized carbons (Fsp3) is 0.0952. The second kappa shape index (κ2) is 10.3. The zero-order valence-electron chi connectivity index (χ0n) is 15.9. The third kappa shape index (κ3) is 6.17. The van der Waals surface area contributed by atoms with Gasteiger partial charge < -0.3 is 5.32 Å². The lowest BCUT2D eigenvalue weighted by Gasteiger charge is -2.23. The van der Waals surface area contributed by atoms with Crippen LogP contribution in [-0.2, 0) is 21.4 Å². The maximum atomic E-state index is 14.4. The number of hydrogen-bond acceptors (Lipinski definition) is 3. The highest BCUT2D eigenvalue weighted by Gasteiger charge is 2.28. The Balaban J connectivity index is 1.92. The molecule has 3 aromatic carbocycles. The largest absolute Gasteiger partial charge is 0.325 e. The van der Waals surface area contributed by atoms with Crippen LogP contribution < -0.4 is 5.32 Å². The standard InChI is InChI=1S/C21H16Cl2FIN2O3S/c22-14-4-10-17(11-5-14)31(29,30)27(12-18-19(23)2-1-3-20(18)24)13-21(28)26-16-8-6-15(25)7-9-16/h1-11H,12-13H2,(H,26,28). The Labute approximate surface area is 203 Å². The summed E-state index contributed by atoms with van der Waals surface area (Å²) >= 11 is 14.1. The van der Waals surface area contributed by atoms with Crippen molar-refractivity contribution in [3.05, 3.63) is 91.7 Å². The molecule has 0 atom stereocenters. The molecule has 1 N–H and O–H groups in total. The second-order valence-electron chi connectivity index (χ2n) is 6.48. The molecule has 0 spiro atoms. The summed E-state index contributed by atoms with van der Waals surface area (Å²) in [5.41, 5.74) is 0.488. The van der Waals surface area contributed by atoms with Gasteiger partial charge in [-0.15, -0.1) is 0 Å². The summed E-state index contributed by atoms with van der Waals surface area (Å²) in [4.78, 5) is 12.6. The predicted octanol–water partition coefficient (Wildman–Crippen LogP) is 5.57. The van der Waals surface area contributed by atoms with E-state index < -0.39 is 34.8 Å². The normalized spacial score (nSPS) is 11.5. The number of benzene rings is 3. The number of amides is 1. The molecule has 31 heavy (non-hydrogen) atoms. The summed E-state index contributed by atoms with van der Waals surface area (Å²) in [6.45, 7) is -0.960. The number of sulfonamides is 1. The van der Waals surface area contributed by atoms with Crippen molar-refractivity contribution in [3.8, 4) is 0 Å². The van der Waals surface area contributed by atoms with Crippen LogP contribution in [0.25, 0.3) is 0 Å². The Hall–Kier alpha value is -1.72. The average Bonchev–Trinajstić information content (AvgIpc) is 2.72. The number of nitrogens with zero attached hydrogens (tertiary/aromatic N) is 1. The van der Waals surface area contributed by atoms with Gasteiger partial charge in [-0.05, 0) is 83.3 Å². The number of hydrogen-bond donors (Lipinski definition) is 1. The maximum Gasteiger partial charge on any atom is 0.243 e. The van der Waals surface area contributed by atoms with E-state index in [4.69, 9.17) is 23.2 Å². The summed E-state index contributed by atoms with van der Waals surface area (Å²) in [5.74, 6) is -1.24. The van der Waals surface area contributed by atoms with Gasteiger partial charge in [0.15, 0.2) is 0 Å². The lowest BCUT2D eigenvalue weighted by molar-refractivity contribution is -0.116. The van der Waals surface area contributed by atoms with E-state index >= 15 is 0 Å². The molecule has 0 bridgehead atoms. The molecule has 3 aromatic rings. The van der Waals surface area contributed by atoms with Gasteiger partial charge in [-0.3, -0.25) is 4.79 Å². The van der Waals surface area contributed by atoms with E-state index in [0.717, 1.165) is 7.88 Å². The molecule has 0 fully saturated rings. The third-order valence-electron chi connectivity index (χ3n) is 4.30. The number of rotatable bonds is 7. The number of carbonyl (C=O) groups is 1. The molecule has 5 nitrogen and oxygen atoms in total. The molecular formula is C21H16Cl2FIN2O3S. The highest BCUT2D eigenvalue weighted by molar-refractivity contribution is 14.1. The highest BCUT2D eigenvalue weighted by atomic mass is 127. The summed E-state index contributed by atoms with van der Waals surface area (Å²) in [6.07, 6.45) is 0. The van der Waals surface area contributed by atoms with Crippen LogP contribution in [0.15, 0.2) is 71.6 Å². The molecule has 0 heterocycles. The fourth-order valence-corrected chi connectivity index (χ4v) is 4.81. The summed E-state index contributed by atoms with van der Waals surface area (Å²) in [7, 11) is -4.16. The van der Waals surface area contributed by atoms with E-state index in [1.807, 2.05) is 0 Å². The van der Waals surface area contributed by atoms with Gasteiger partial charge in [-0.25, -0.2) is 12.8 Å². The maximum absolute atomic E-state index is 14.4. The van der Waals surface area contributed by atoms with Crippen LogP contribution in [0, 0.1) is 9.39 Å².